The lowest BCUT2D eigenvalue weighted by Gasteiger charge is -2.39. The van der Waals surface area contributed by atoms with Gasteiger partial charge in [-0.05, 0) is 47.2 Å². The van der Waals surface area contributed by atoms with Crippen LogP contribution >= 0.6 is 0 Å². The Labute approximate surface area is 269 Å². The van der Waals surface area contributed by atoms with E-state index in [1.807, 2.05) is 12.1 Å². The summed E-state index contributed by atoms with van der Waals surface area (Å²) >= 11 is 0. The number of fused-ring (bicyclic) bond motifs is 8. The zero-order valence-electron chi connectivity index (χ0n) is 25.9. The normalized spacial score (nSPS) is 22.2. The minimum Gasteiger partial charge on any atom is -0.472 e. The number of benzene rings is 5. The lowest BCUT2D eigenvalue weighted by Crippen LogP contribution is -2.37. The zero-order chi connectivity index (χ0) is 31.3. The van der Waals surface area contributed by atoms with E-state index in [1.165, 1.54) is 5.69 Å². The maximum Gasteiger partial charge on any atom is 0.178 e. The summed E-state index contributed by atoms with van der Waals surface area (Å²) in [4.78, 5) is 2.36. The Morgan fingerprint density at radius 2 is 1.50 bits per heavy atom. The molecule has 0 radical (unpaired) electrons. The zero-order valence-corrected chi connectivity index (χ0v) is 25.9. The monoisotopic (exact) mass is 611 g/mol. The first kappa shape index (κ1) is 29.0. The minimum atomic E-state index is -0.984. The number of aliphatic hydroxyl groups excluding tert-OH is 2. The predicted molar refractivity (Wildman–Crippen MR) is 181 cm³/mol. The second-order valence-electron chi connectivity index (χ2n) is 12.4. The summed E-state index contributed by atoms with van der Waals surface area (Å²) in [6, 6.07) is 35.9. The first-order valence-electron chi connectivity index (χ1n) is 16.0. The fourth-order valence-electron chi connectivity index (χ4n) is 7.49. The van der Waals surface area contributed by atoms with E-state index in [4.69, 9.17) is 14.2 Å². The third-order valence-electron chi connectivity index (χ3n) is 9.79. The van der Waals surface area contributed by atoms with Crippen molar-refractivity contribution in [2.45, 2.75) is 24.2 Å². The minimum absolute atomic E-state index is 0.00358. The second-order valence-corrected chi connectivity index (χ2v) is 12.4. The van der Waals surface area contributed by atoms with Crippen LogP contribution < -0.4 is 9.64 Å². The molecular weight excluding hydrogens is 574 g/mol. The van der Waals surface area contributed by atoms with Gasteiger partial charge < -0.3 is 29.3 Å². The van der Waals surface area contributed by atoms with Gasteiger partial charge in [-0.3, -0.25) is 0 Å². The van der Waals surface area contributed by atoms with Gasteiger partial charge in [0.2, 0.25) is 0 Å². The van der Waals surface area contributed by atoms with E-state index in [0.29, 0.717) is 0 Å². The fraction of sp³-hybridized carbons (Fsp3) is 0.250. The number of anilines is 1. The number of nitrogens with zero attached hydrogens (tertiary/aromatic N) is 1. The van der Waals surface area contributed by atoms with Crippen LogP contribution in [0.2, 0.25) is 0 Å². The van der Waals surface area contributed by atoms with Gasteiger partial charge in [-0.25, -0.2) is 0 Å². The Hall–Kier alpha value is -4.46. The van der Waals surface area contributed by atoms with Crippen LogP contribution in [0.3, 0.4) is 0 Å². The number of rotatable bonds is 7. The van der Waals surface area contributed by atoms with Crippen LogP contribution in [0.5, 0.6) is 5.75 Å². The molecule has 2 heterocycles. The largest absolute Gasteiger partial charge is 0.472 e. The van der Waals surface area contributed by atoms with Gasteiger partial charge in [0, 0.05) is 46.4 Å². The van der Waals surface area contributed by atoms with Crippen molar-refractivity contribution in [3.05, 3.63) is 137 Å². The molecule has 1 saturated heterocycles. The molecule has 6 nitrogen and oxygen atoms in total. The van der Waals surface area contributed by atoms with Crippen molar-refractivity contribution in [3.63, 3.8) is 0 Å². The van der Waals surface area contributed by atoms with Crippen LogP contribution in [-0.4, -0.2) is 55.8 Å². The molecular formula is C40H37NO5. The van der Waals surface area contributed by atoms with Gasteiger partial charge in [0.25, 0.3) is 0 Å². The molecule has 3 atom stereocenters. The smallest absolute Gasteiger partial charge is 0.178 e. The summed E-state index contributed by atoms with van der Waals surface area (Å²) in [6.45, 7) is 4.92. The van der Waals surface area contributed by atoms with Crippen LogP contribution in [0.25, 0.3) is 28.0 Å². The molecule has 0 aromatic heterocycles. The van der Waals surface area contributed by atoms with Crippen LogP contribution in [0.4, 0.5) is 5.69 Å². The molecule has 0 saturated carbocycles. The summed E-state index contributed by atoms with van der Waals surface area (Å²) in [5, 5.41) is 22.1. The Morgan fingerprint density at radius 3 is 2.26 bits per heavy atom. The second kappa shape index (κ2) is 11.4. The first-order valence-corrected chi connectivity index (χ1v) is 16.0. The molecule has 0 amide bonds. The van der Waals surface area contributed by atoms with Gasteiger partial charge in [-0.1, -0.05) is 97.1 Å². The highest BCUT2D eigenvalue weighted by atomic mass is 16.5. The van der Waals surface area contributed by atoms with Gasteiger partial charge in [-0.15, -0.1) is 0 Å². The van der Waals surface area contributed by atoms with Crippen molar-refractivity contribution < 1.29 is 24.4 Å². The number of ether oxygens (including phenoxy) is 3. The van der Waals surface area contributed by atoms with Crippen molar-refractivity contribution in [1.29, 1.82) is 0 Å². The number of morpholine rings is 1. The summed E-state index contributed by atoms with van der Waals surface area (Å²) < 4.78 is 19.6. The Bertz CT molecular complexity index is 1930. The van der Waals surface area contributed by atoms with E-state index in [2.05, 4.69) is 115 Å². The molecule has 1 aliphatic carbocycles. The Balaban J connectivity index is 1.33. The van der Waals surface area contributed by atoms with Gasteiger partial charge in [-0.2, -0.15) is 0 Å². The highest BCUT2D eigenvalue weighted by molar-refractivity contribution is 6.08. The maximum atomic E-state index is 10.3. The van der Waals surface area contributed by atoms with Gasteiger partial charge in [0.05, 0.1) is 26.4 Å². The SMILES string of the molecule is CC1(OCC(O)CO)c2ccccc2-c2c1c1c(c3ccccc23)OC(c2ccccc2)(c2ccc(N3CCOCC3)cc2)C=C1. The summed E-state index contributed by atoms with van der Waals surface area (Å²) in [5.74, 6) is 0.795. The molecule has 3 aliphatic rings. The summed E-state index contributed by atoms with van der Waals surface area (Å²) in [5.41, 5.74) is 6.71. The van der Waals surface area contributed by atoms with Crippen LogP contribution in [0.15, 0.2) is 109 Å². The van der Waals surface area contributed by atoms with E-state index >= 15 is 0 Å². The van der Waals surface area contributed by atoms with Crippen molar-refractivity contribution >= 4 is 22.5 Å². The van der Waals surface area contributed by atoms with Crippen LogP contribution in [0.1, 0.15) is 34.7 Å². The molecule has 0 spiro atoms. The molecule has 3 unspecified atom stereocenters. The topological polar surface area (TPSA) is 71.4 Å². The van der Waals surface area contributed by atoms with Crippen molar-refractivity contribution in [1.82, 2.24) is 0 Å². The van der Waals surface area contributed by atoms with E-state index in [9.17, 15) is 10.2 Å². The molecule has 2 N–H and O–H groups in total. The Kier molecular flexibility index (Phi) is 7.19. The van der Waals surface area contributed by atoms with E-state index < -0.39 is 17.3 Å². The number of hydrogen-bond acceptors (Lipinski definition) is 6. The third kappa shape index (κ3) is 4.48. The van der Waals surface area contributed by atoms with Crippen LogP contribution in [0, 0.1) is 0 Å². The van der Waals surface area contributed by atoms with Crippen molar-refractivity contribution in [2.75, 3.05) is 44.4 Å². The fourth-order valence-corrected chi connectivity index (χ4v) is 7.49. The quantitative estimate of drug-likeness (QED) is 0.215. The van der Waals surface area contributed by atoms with Gasteiger partial charge >= 0.3 is 0 Å². The average Bonchev–Trinajstić information content (AvgIpc) is 3.40. The van der Waals surface area contributed by atoms with Crippen LogP contribution in [-0.2, 0) is 20.7 Å². The number of aliphatic hydroxyl groups is 2. The molecule has 5 aromatic carbocycles. The molecule has 0 bridgehead atoms. The molecule has 6 heteroatoms. The predicted octanol–water partition coefficient (Wildman–Crippen LogP) is 6.64. The van der Waals surface area contributed by atoms with Gasteiger partial charge in [0.1, 0.15) is 17.5 Å². The highest BCUT2D eigenvalue weighted by Crippen LogP contribution is 2.58. The number of hydrogen-bond donors (Lipinski definition) is 2. The standard InChI is InChI=1S/C40H37NO5/c1-39(45-26-30(43)25-42)35-14-8-7-13-33(35)36-31-11-5-6-12-32(31)38-34(37(36)39)19-20-40(46-38,27-9-3-2-4-10-27)28-15-17-29(18-16-28)41-21-23-44-24-22-41/h2-20,30,42-43H,21-26H2,1H3. The van der Waals surface area contributed by atoms with E-state index in [0.717, 1.165) is 81.8 Å². The van der Waals surface area contributed by atoms with E-state index in [-0.39, 0.29) is 13.2 Å². The molecule has 2 aliphatic heterocycles. The maximum absolute atomic E-state index is 10.3. The molecule has 8 rings (SSSR count). The molecule has 5 aromatic rings. The average molecular weight is 612 g/mol. The van der Waals surface area contributed by atoms with Crippen molar-refractivity contribution in [2.24, 2.45) is 0 Å². The molecule has 232 valence electrons. The van der Waals surface area contributed by atoms with Gasteiger partial charge in [0.15, 0.2) is 5.60 Å². The molecule has 46 heavy (non-hydrogen) atoms. The lowest BCUT2D eigenvalue weighted by atomic mass is 9.80. The first-order chi connectivity index (χ1) is 22.5. The summed E-state index contributed by atoms with van der Waals surface area (Å²) in [7, 11) is 0. The lowest BCUT2D eigenvalue weighted by molar-refractivity contribution is -0.0609. The Morgan fingerprint density at radius 1 is 0.826 bits per heavy atom. The third-order valence-corrected chi connectivity index (χ3v) is 9.79. The van der Waals surface area contributed by atoms with Crippen molar-refractivity contribution in [3.8, 4) is 16.9 Å². The summed E-state index contributed by atoms with van der Waals surface area (Å²) in [6.07, 6.45) is 3.39. The van der Waals surface area contributed by atoms with E-state index in [1.54, 1.807) is 0 Å². The highest BCUT2D eigenvalue weighted by Gasteiger charge is 2.47. The molecule has 1 fully saturated rings.